The van der Waals surface area contributed by atoms with E-state index in [4.69, 9.17) is 9.47 Å². The Balaban J connectivity index is 3.90. The second-order valence-electron chi connectivity index (χ2n) is 13.1. The van der Waals surface area contributed by atoms with Gasteiger partial charge >= 0.3 is 0 Å². The van der Waals surface area contributed by atoms with E-state index < -0.39 is 25.4 Å². The van der Waals surface area contributed by atoms with Crippen LogP contribution in [0.5, 0.6) is 0 Å². The second-order valence-corrected chi connectivity index (χ2v) is 13.1. The van der Waals surface area contributed by atoms with Gasteiger partial charge in [-0.2, -0.15) is 0 Å². The molecule has 0 heterocycles. The van der Waals surface area contributed by atoms with Gasteiger partial charge < -0.3 is 24.8 Å². The second kappa shape index (κ2) is 34.6. The summed E-state index contributed by atoms with van der Waals surface area (Å²) in [6.45, 7) is 5.17. The summed E-state index contributed by atoms with van der Waals surface area (Å²) in [5.41, 5.74) is 0. The third-order valence-electron chi connectivity index (χ3n) is 8.80. The van der Waals surface area contributed by atoms with Gasteiger partial charge in [0.25, 0.3) is 0 Å². The molecular formula is C37H77NO5. The Morgan fingerprint density at radius 3 is 0.953 bits per heavy atom. The molecule has 0 aromatic heterocycles. The fourth-order valence-corrected chi connectivity index (χ4v) is 5.74. The number of hydrogen-bond acceptors (Lipinski definition) is 6. The van der Waals surface area contributed by atoms with Gasteiger partial charge in [0.15, 0.2) is 0 Å². The summed E-state index contributed by atoms with van der Waals surface area (Å²) in [5, 5.41) is 29.5. The van der Waals surface area contributed by atoms with Crippen molar-refractivity contribution in [3.8, 4) is 0 Å². The summed E-state index contributed by atoms with van der Waals surface area (Å²) >= 11 is 0. The van der Waals surface area contributed by atoms with E-state index in [0.717, 1.165) is 25.7 Å². The SMILES string of the molecule is CCCCCCCCCCCCCCCCOC(OCCCCCCCCCCCCCCCC)N(C)C(O)C(O)CO. The third kappa shape index (κ3) is 28.9. The molecule has 0 rings (SSSR count). The Kier molecular flexibility index (Phi) is 34.4. The van der Waals surface area contributed by atoms with Crippen LogP contribution in [0.2, 0.25) is 0 Å². The van der Waals surface area contributed by atoms with Crippen molar-refractivity contribution in [1.29, 1.82) is 0 Å². The van der Waals surface area contributed by atoms with Crippen LogP contribution in [0, 0.1) is 0 Å². The summed E-state index contributed by atoms with van der Waals surface area (Å²) in [6.07, 6.45) is 33.7. The Bertz CT molecular complexity index is 489. The molecule has 0 aromatic rings. The molecule has 0 aliphatic rings. The molecule has 43 heavy (non-hydrogen) atoms. The van der Waals surface area contributed by atoms with Crippen LogP contribution in [0.3, 0.4) is 0 Å². The van der Waals surface area contributed by atoms with Crippen molar-refractivity contribution >= 4 is 0 Å². The van der Waals surface area contributed by atoms with Gasteiger partial charge in [-0.25, -0.2) is 4.90 Å². The van der Waals surface area contributed by atoms with Crippen LogP contribution in [0.15, 0.2) is 0 Å². The molecule has 3 N–H and O–H groups in total. The molecule has 260 valence electrons. The maximum Gasteiger partial charge on any atom is 0.220 e. The van der Waals surface area contributed by atoms with Crippen LogP contribution in [-0.4, -0.2) is 65.8 Å². The molecule has 0 radical (unpaired) electrons. The first-order chi connectivity index (χ1) is 21.1. The smallest absolute Gasteiger partial charge is 0.220 e. The normalized spacial score (nSPS) is 13.4. The van der Waals surface area contributed by atoms with Crippen LogP contribution in [0.25, 0.3) is 0 Å². The molecule has 0 aliphatic heterocycles. The van der Waals surface area contributed by atoms with E-state index in [2.05, 4.69) is 13.8 Å². The highest BCUT2D eigenvalue weighted by atomic mass is 16.7. The lowest BCUT2D eigenvalue weighted by atomic mass is 10.0. The summed E-state index contributed by atoms with van der Waals surface area (Å²) in [6, 6.07) is 0. The van der Waals surface area contributed by atoms with Gasteiger partial charge in [-0.1, -0.05) is 181 Å². The van der Waals surface area contributed by atoms with Gasteiger partial charge in [0.2, 0.25) is 6.41 Å². The zero-order valence-electron chi connectivity index (χ0n) is 29.3. The van der Waals surface area contributed by atoms with Gasteiger partial charge in [0.1, 0.15) is 12.3 Å². The molecule has 0 aliphatic carbocycles. The summed E-state index contributed by atoms with van der Waals surface area (Å²) in [4.78, 5) is 1.48. The maximum absolute atomic E-state index is 10.4. The van der Waals surface area contributed by atoms with E-state index in [9.17, 15) is 15.3 Å². The average molecular weight is 616 g/mol. The van der Waals surface area contributed by atoms with E-state index in [1.165, 1.54) is 159 Å². The molecule has 0 fully saturated rings. The van der Waals surface area contributed by atoms with Crippen molar-refractivity contribution in [2.24, 2.45) is 0 Å². The maximum atomic E-state index is 10.4. The molecule has 0 aromatic carbocycles. The number of nitrogens with zero attached hydrogens (tertiary/aromatic N) is 1. The highest BCUT2D eigenvalue weighted by molar-refractivity contribution is 4.66. The Morgan fingerprint density at radius 1 is 0.442 bits per heavy atom. The number of unbranched alkanes of at least 4 members (excludes halogenated alkanes) is 26. The summed E-state index contributed by atoms with van der Waals surface area (Å²) in [7, 11) is 1.67. The predicted octanol–water partition coefficient (Wildman–Crippen LogP) is 9.87. The number of ether oxygens (including phenoxy) is 2. The Hall–Kier alpha value is -0.240. The van der Waals surface area contributed by atoms with Crippen LogP contribution in [-0.2, 0) is 9.47 Å². The molecule has 0 saturated heterocycles. The van der Waals surface area contributed by atoms with Crippen LogP contribution >= 0.6 is 0 Å². The standard InChI is InChI=1S/C37H77NO5/c1-4-6-8-10-12-14-16-18-20-22-24-26-28-30-32-42-37(38(3)36(41)35(40)34-39)43-33-31-29-27-25-23-21-19-17-15-13-11-9-7-5-2/h35-37,39-41H,4-34H2,1-3H3. The van der Waals surface area contributed by atoms with Crippen molar-refractivity contribution in [3.05, 3.63) is 0 Å². The van der Waals surface area contributed by atoms with Crippen molar-refractivity contribution < 1.29 is 24.8 Å². The lowest BCUT2D eigenvalue weighted by molar-refractivity contribution is -0.264. The first-order valence-corrected chi connectivity index (χ1v) is 19.0. The number of aliphatic hydroxyl groups is 3. The van der Waals surface area contributed by atoms with Gasteiger partial charge in [-0.3, -0.25) is 0 Å². The van der Waals surface area contributed by atoms with Crippen molar-refractivity contribution in [2.75, 3.05) is 26.9 Å². The molecule has 0 saturated carbocycles. The molecule has 0 amide bonds. The summed E-state index contributed by atoms with van der Waals surface area (Å²) < 4.78 is 12.0. The monoisotopic (exact) mass is 616 g/mol. The van der Waals surface area contributed by atoms with Gasteiger partial charge in [0, 0.05) is 0 Å². The fraction of sp³-hybridized carbons (Fsp3) is 1.00. The van der Waals surface area contributed by atoms with Crippen molar-refractivity contribution in [1.82, 2.24) is 4.90 Å². The molecule has 0 bridgehead atoms. The minimum Gasteiger partial charge on any atom is -0.394 e. The van der Waals surface area contributed by atoms with Gasteiger partial charge in [-0.15, -0.1) is 0 Å². The van der Waals surface area contributed by atoms with Crippen LogP contribution < -0.4 is 0 Å². The molecule has 2 unspecified atom stereocenters. The lowest BCUT2D eigenvalue weighted by Gasteiger charge is -2.33. The molecule has 0 spiro atoms. The van der Waals surface area contributed by atoms with Gasteiger partial charge in [-0.05, 0) is 19.9 Å². The topological polar surface area (TPSA) is 82.4 Å². The first kappa shape index (κ1) is 42.8. The van der Waals surface area contributed by atoms with Gasteiger partial charge in [0.05, 0.1) is 19.8 Å². The first-order valence-electron chi connectivity index (χ1n) is 19.0. The number of likely N-dealkylation sites (N-methyl/N-ethyl adjacent to an activating group) is 1. The summed E-state index contributed by atoms with van der Waals surface area (Å²) in [5.74, 6) is 0. The zero-order valence-corrected chi connectivity index (χ0v) is 29.3. The third-order valence-corrected chi connectivity index (χ3v) is 8.80. The largest absolute Gasteiger partial charge is 0.394 e. The van der Waals surface area contributed by atoms with Crippen LogP contribution in [0.4, 0.5) is 0 Å². The lowest BCUT2D eigenvalue weighted by Crippen LogP contribution is -2.50. The number of aliphatic hydroxyl groups excluding tert-OH is 3. The molecule has 6 nitrogen and oxygen atoms in total. The zero-order chi connectivity index (χ0) is 31.6. The number of hydrogen-bond donors (Lipinski definition) is 3. The molecule has 6 heteroatoms. The number of rotatable bonds is 36. The van der Waals surface area contributed by atoms with E-state index in [1.807, 2.05) is 0 Å². The van der Waals surface area contributed by atoms with E-state index in [-0.39, 0.29) is 0 Å². The molecular weight excluding hydrogens is 538 g/mol. The fourth-order valence-electron chi connectivity index (χ4n) is 5.74. The molecule has 2 atom stereocenters. The minimum atomic E-state index is -1.25. The minimum absolute atomic E-state index is 0.504. The van der Waals surface area contributed by atoms with Crippen molar-refractivity contribution in [3.63, 3.8) is 0 Å². The Labute approximate surface area is 268 Å². The highest BCUT2D eigenvalue weighted by Crippen LogP contribution is 2.16. The van der Waals surface area contributed by atoms with E-state index in [0.29, 0.717) is 13.2 Å². The average Bonchev–Trinajstić information content (AvgIpc) is 3.02. The Morgan fingerprint density at radius 2 is 0.698 bits per heavy atom. The van der Waals surface area contributed by atoms with E-state index >= 15 is 0 Å². The highest BCUT2D eigenvalue weighted by Gasteiger charge is 2.27. The predicted molar refractivity (Wildman–Crippen MR) is 183 cm³/mol. The quantitative estimate of drug-likeness (QED) is 0.0481. The van der Waals surface area contributed by atoms with Crippen LogP contribution in [0.1, 0.15) is 194 Å². The van der Waals surface area contributed by atoms with E-state index in [1.54, 1.807) is 7.05 Å². The van der Waals surface area contributed by atoms with Crippen molar-refractivity contribution in [2.45, 2.75) is 212 Å².